The molecule has 0 N–H and O–H groups in total. The van der Waals surface area contributed by atoms with Gasteiger partial charge in [0.25, 0.3) is 5.92 Å². The number of benzene rings is 2. The Morgan fingerprint density at radius 3 is 2.25 bits per heavy atom. The molecule has 1 aliphatic heterocycles. The summed E-state index contributed by atoms with van der Waals surface area (Å²) < 4.78 is 69.4. The summed E-state index contributed by atoms with van der Waals surface area (Å²) in [6.45, 7) is 7.95. The molecule has 0 unspecified atom stereocenters. The number of carbonyl (C=O) groups is 2. The Labute approximate surface area is 254 Å². The van der Waals surface area contributed by atoms with Crippen molar-refractivity contribution in [1.82, 2.24) is 9.47 Å². The van der Waals surface area contributed by atoms with E-state index in [0.29, 0.717) is 59.1 Å². The molecule has 2 heterocycles. The molecule has 2 aliphatic carbocycles. The minimum absolute atomic E-state index is 0.169. The van der Waals surface area contributed by atoms with Crippen molar-refractivity contribution in [2.75, 3.05) is 13.7 Å². The van der Waals surface area contributed by atoms with E-state index in [9.17, 15) is 27.2 Å². The number of likely N-dealkylation sites (tertiary alicyclic amines) is 1. The van der Waals surface area contributed by atoms with Crippen LogP contribution in [0.4, 0.5) is 22.4 Å². The Balaban J connectivity index is 1.41. The molecule has 1 saturated heterocycles. The quantitative estimate of drug-likeness (QED) is 0.213. The van der Waals surface area contributed by atoms with E-state index in [1.807, 2.05) is 19.1 Å². The van der Waals surface area contributed by atoms with Crippen LogP contribution in [0.2, 0.25) is 0 Å². The highest BCUT2D eigenvalue weighted by Gasteiger charge is 2.60. The lowest BCUT2D eigenvalue weighted by atomic mass is 9.59. The highest BCUT2D eigenvalue weighted by atomic mass is 19.3. The molecule has 6 rings (SSSR count). The van der Waals surface area contributed by atoms with Crippen molar-refractivity contribution in [3.05, 3.63) is 70.4 Å². The number of ether oxygens (including phenoxy) is 2. The number of alkyl halides is 4. The number of nitrogens with zero attached hydrogens (tertiary/aromatic N) is 2. The molecule has 0 amide bonds. The lowest BCUT2D eigenvalue weighted by Crippen LogP contribution is -2.53. The molecule has 3 aromatic rings. The summed E-state index contributed by atoms with van der Waals surface area (Å²) in [5.74, 6) is -6.89. The molecule has 2 saturated carbocycles. The van der Waals surface area contributed by atoms with E-state index in [1.165, 1.54) is 11.7 Å². The number of halogens is 4. The van der Waals surface area contributed by atoms with Crippen molar-refractivity contribution in [3.8, 4) is 0 Å². The molecular weight excluding hydrogens is 576 g/mol. The van der Waals surface area contributed by atoms with Gasteiger partial charge in [-0.05, 0) is 92.9 Å². The van der Waals surface area contributed by atoms with Crippen molar-refractivity contribution >= 4 is 23.0 Å². The van der Waals surface area contributed by atoms with E-state index in [-0.39, 0.29) is 25.3 Å². The van der Waals surface area contributed by atoms with Crippen LogP contribution in [0, 0.1) is 12.3 Å². The molecule has 3 aliphatic rings. The molecule has 1 spiro atoms. The van der Waals surface area contributed by atoms with Crippen LogP contribution in [-0.2, 0) is 16.0 Å². The number of aromatic nitrogens is 1. The molecule has 6 nitrogen and oxygen atoms in total. The Bertz CT molecular complexity index is 1610. The number of esters is 1. The fourth-order valence-corrected chi connectivity index (χ4v) is 7.35. The first-order chi connectivity index (χ1) is 20.5. The topological polar surface area (TPSA) is 60.8 Å². The molecule has 236 valence electrons. The minimum atomic E-state index is -2.81. The van der Waals surface area contributed by atoms with Crippen LogP contribution < -0.4 is 0 Å². The minimum Gasteiger partial charge on any atom is -0.465 e. The summed E-state index contributed by atoms with van der Waals surface area (Å²) in [6, 6.07) is 10.2. The Kier molecular flexibility index (Phi) is 7.18. The van der Waals surface area contributed by atoms with E-state index < -0.39 is 40.8 Å². The molecule has 0 bridgehead atoms. The maximum absolute atomic E-state index is 14.6. The summed E-state index contributed by atoms with van der Waals surface area (Å²) >= 11 is 0. The average molecular weight is 615 g/mol. The fraction of sp³-hybridized carbons (Fsp3) is 0.529. The van der Waals surface area contributed by atoms with Crippen LogP contribution in [0.3, 0.4) is 0 Å². The number of rotatable bonds is 5. The van der Waals surface area contributed by atoms with Crippen LogP contribution in [0.15, 0.2) is 42.6 Å². The summed E-state index contributed by atoms with van der Waals surface area (Å²) in [7, 11) is 1.30. The van der Waals surface area contributed by atoms with E-state index >= 15 is 0 Å². The SMILES string of the molecule is COC(=O)c1ccc([C@@H]2CC3(CCN2Cc2c([C@@H]4CC4(F)F)cc(C)c4c2ccn4C(=O)OC(C)(C)C)CC(F)(F)C3)cc1. The summed E-state index contributed by atoms with van der Waals surface area (Å²) in [6.07, 6.45) is 1.55. The number of carbonyl (C=O) groups excluding carboxylic acids is 2. The van der Waals surface area contributed by atoms with Crippen LogP contribution in [0.1, 0.15) is 97.4 Å². The zero-order chi connectivity index (χ0) is 31.8. The maximum Gasteiger partial charge on any atom is 0.418 e. The van der Waals surface area contributed by atoms with Gasteiger partial charge in [0, 0.05) is 43.4 Å². The number of methoxy groups -OCH3 is 1. The smallest absolute Gasteiger partial charge is 0.418 e. The number of hydrogen-bond acceptors (Lipinski definition) is 5. The summed E-state index contributed by atoms with van der Waals surface area (Å²) in [4.78, 5) is 27.4. The number of piperidine rings is 1. The number of hydrogen-bond donors (Lipinski definition) is 0. The second-order valence-corrected chi connectivity index (χ2v) is 14.0. The van der Waals surface area contributed by atoms with Gasteiger partial charge in [0.05, 0.1) is 24.1 Å². The van der Waals surface area contributed by atoms with Gasteiger partial charge >= 0.3 is 12.1 Å². The predicted molar refractivity (Wildman–Crippen MR) is 157 cm³/mol. The summed E-state index contributed by atoms with van der Waals surface area (Å²) in [5, 5.41) is 0.698. The average Bonchev–Trinajstić information content (AvgIpc) is 3.33. The Hall–Kier alpha value is -3.40. The Morgan fingerprint density at radius 1 is 1.02 bits per heavy atom. The van der Waals surface area contributed by atoms with Crippen LogP contribution in [-0.4, -0.2) is 52.6 Å². The van der Waals surface area contributed by atoms with E-state index in [2.05, 4.69) is 4.90 Å². The van der Waals surface area contributed by atoms with Crippen molar-refractivity contribution in [3.63, 3.8) is 0 Å². The molecule has 44 heavy (non-hydrogen) atoms. The largest absolute Gasteiger partial charge is 0.465 e. The van der Waals surface area contributed by atoms with Crippen molar-refractivity contribution in [2.45, 2.75) is 95.7 Å². The van der Waals surface area contributed by atoms with Crippen LogP contribution in [0.25, 0.3) is 10.9 Å². The van der Waals surface area contributed by atoms with Gasteiger partial charge in [-0.25, -0.2) is 27.2 Å². The fourth-order valence-electron chi connectivity index (χ4n) is 7.35. The molecule has 1 aromatic heterocycles. The third-order valence-electron chi connectivity index (χ3n) is 9.44. The third-order valence-corrected chi connectivity index (χ3v) is 9.44. The first-order valence-corrected chi connectivity index (χ1v) is 15.1. The zero-order valence-corrected chi connectivity index (χ0v) is 25.7. The monoisotopic (exact) mass is 614 g/mol. The van der Waals surface area contributed by atoms with Gasteiger partial charge in [-0.15, -0.1) is 0 Å². The predicted octanol–water partition coefficient (Wildman–Crippen LogP) is 8.39. The van der Waals surface area contributed by atoms with E-state index in [0.717, 1.165) is 5.56 Å². The van der Waals surface area contributed by atoms with Gasteiger partial charge < -0.3 is 9.47 Å². The van der Waals surface area contributed by atoms with E-state index in [4.69, 9.17) is 9.47 Å². The number of aryl methyl sites for hydroxylation is 1. The van der Waals surface area contributed by atoms with Crippen molar-refractivity contribution < 1.29 is 36.6 Å². The second kappa shape index (κ2) is 10.3. The van der Waals surface area contributed by atoms with Crippen molar-refractivity contribution in [1.29, 1.82) is 0 Å². The molecular formula is C34H38F4N2O4. The highest BCUT2D eigenvalue weighted by Crippen LogP contribution is 2.61. The van der Waals surface area contributed by atoms with Gasteiger partial charge in [-0.1, -0.05) is 18.2 Å². The van der Waals surface area contributed by atoms with E-state index in [1.54, 1.807) is 51.2 Å². The molecule has 10 heteroatoms. The first-order valence-electron chi connectivity index (χ1n) is 15.1. The molecule has 2 aromatic carbocycles. The Morgan fingerprint density at radius 2 is 1.68 bits per heavy atom. The van der Waals surface area contributed by atoms with Gasteiger partial charge in [0.1, 0.15) is 5.60 Å². The lowest BCUT2D eigenvalue weighted by molar-refractivity contribution is -0.186. The lowest BCUT2D eigenvalue weighted by Gasteiger charge is -2.54. The molecule has 2 atom stereocenters. The van der Waals surface area contributed by atoms with Gasteiger partial charge in [0.15, 0.2) is 0 Å². The highest BCUT2D eigenvalue weighted by molar-refractivity contribution is 5.94. The summed E-state index contributed by atoms with van der Waals surface area (Å²) in [5.41, 5.74) is 2.58. The normalized spacial score (nSPS) is 23.8. The van der Waals surface area contributed by atoms with Gasteiger partial charge in [-0.3, -0.25) is 9.47 Å². The molecule has 0 radical (unpaired) electrons. The van der Waals surface area contributed by atoms with Gasteiger partial charge in [0.2, 0.25) is 5.92 Å². The molecule has 3 fully saturated rings. The third kappa shape index (κ3) is 5.61. The zero-order valence-electron chi connectivity index (χ0n) is 25.7. The second-order valence-electron chi connectivity index (χ2n) is 14.0. The number of fused-ring (bicyclic) bond motifs is 1. The van der Waals surface area contributed by atoms with Crippen LogP contribution >= 0.6 is 0 Å². The standard InChI is InChI=1S/C34H38F4N2O4/c1-20-14-24(26-15-34(26,37)38)25(23-10-12-40(28(20)23)30(42)44-31(2,3)4)17-39-13-11-32(18-33(35,36)19-32)16-27(39)21-6-8-22(9-7-21)29(41)43-5/h6-10,12,14,26-27H,11,13,15-19H2,1-5H3/t26-,27-/m0/s1. The first kappa shape index (κ1) is 30.6. The van der Waals surface area contributed by atoms with Gasteiger partial charge in [-0.2, -0.15) is 0 Å². The van der Waals surface area contributed by atoms with Crippen LogP contribution in [0.5, 0.6) is 0 Å². The maximum atomic E-state index is 14.6. The van der Waals surface area contributed by atoms with Crippen molar-refractivity contribution in [2.24, 2.45) is 5.41 Å².